The normalized spacial score (nSPS) is 16.0. The van der Waals surface area contributed by atoms with Crippen molar-refractivity contribution in [3.05, 3.63) is 71.0 Å². The topological polar surface area (TPSA) is 106 Å². The van der Waals surface area contributed by atoms with Crippen molar-refractivity contribution in [3.8, 4) is 11.5 Å². The first-order valence-corrected chi connectivity index (χ1v) is 13.6. The van der Waals surface area contributed by atoms with Gasteiger partial charge in [0.25, 0.3) is 5.91 Å². The second-order valence-electron chi connectivity index (χ2n) is 10.3. The number of carboxylic acid groups (broad SMARTS) is 1. The van der Waals surface area contributed by atoms with Crippen molar-refractivity contribution in [2.24, 2.45) is 0 Å². The molecule has 0 radical (unpaired) electrons. The summed E-state index contributed by atoms with van der Waals surface area (Å²) in [7, 11) is 1.55. The number of halogens is 3. The minimum atomic E-state index is -3.10. The van der Waals surface area contributed by atoms with E-state index in [1.165, 1.54) is 18.2 Å². The van der Waals surface area contributed by atoms with Gasteiger partial charge in [0.1, 0.15) is 11.3 Å². The number of carbonyl (C=O) groups is 2. The van der Waals surface area contributed by atoms with Crippen LogP contribution in [0.15, 0.2) is 54.7 Å². The number of aliphatic carboxylic acids is 1. The molecule has 220 valence electrons. The number of rotatable bonds is 11. The Morgan fingerprint density at radius 3 is 2.39 bits per heavy atom. The molecule has 2 N–H and O–H groups in total. The van der Waals surface area contributed by atoms with E-state index >= 15 is 0 Å². The van der Waals surface area contributed by atoms with E-state index in [-0.39, 0.29) is 28.9 Å². The SMILES string of the molecule is COc1ccc(C(CN2CCC(C(=O)Nc3ccc(Cl)cc3OC(F)F)(n3nccc3C(C)C)CC2)C(=O)O)cc1. The summed E-state index contributed by atoms with van der Waals surface area (Å²) in [6.07, 6.45) is 2.26. The highest BCUT2D eigenvalue weighted by molar-refractivity contribution is 6.30. The lowest BCUT2D eigenvalue weighted by molar-refractivity contribution is -0.140. The molecule has 0 saturated carbocycles. The van der Waals surface area contributed by atoms with E-state index in [1.54, 1.807) is 42.3 Å². The zero-order valence-electron chi connectivity index (χ0n) is 23.0. The number of hydrogen-bond acceptors (Lipinski definition) is 6. The number of hydrogen-bond donors (Lipinski definition) is 2. The van der Waals surface area contributed by atoms with Gasteiger partial charge in [-0.05, 0) is 54.7 Å². The van der Waals surface area contributed by atoms with E-state index in [0.717, 1.165) is 5.69 Å². The molecule has 0 bridgehead atoms. The lowest BCUT2D eigenvalue weighted by atomic mass is 9.84. The molecule has 2 heterocycles. The maximum absolute atomic E-state index is 14.0. The Morgan fingerprint density at radius 2 is 1.80 bits per heavy atom. The molecule has 0 aliphatic carbocycles. The molecule has 1 aromatic heterocycles. The van der Waals surface area contributed by atoms with E-state index < -0.39 is 29.9 Å². The predicted octanol–water partition coefficient (Wildman–Crippen LogP) is 5.57. The van der Waals surface area contributed by atoms with Crippen molar-refractivity contribution in [1.82, 2.24) is 14.7 Å². The van der Waals surface area contributed by atoms with Gasteiger partial charge < -0.3 is 24.8 Å². The lowest BCUT2D eigenvalue weighted by Crippen LogP contribution is -2.54. The van der Waals surface area contributed by atoms with E-state index in [1.807, 2.05) is 24.8 Å². The number of nitrogens with one attached hydrogen (secondary N) is 1. The van der Waals surface area contributed by atoms with E-state index in [0.29, 0.717) is 37.2 Å². The number of alkyl halides is 2. The van der Waals surface area contributed by atoms with Crippen LogP contribution in [0, 0.1) is 0 Å². The molecule has 12 heteroatoms. The molecular formula is C29H33ClF2N4O5. The number of piperidine rings is 1. The van der Waals surface area contributed by atoms with Crippen LogP contribution in [0.25, 0.3) is 0 Å². The van der Waals surface area contributed by atoms with Gasteiger partial charge in [-0.15, -0.1) is 0 Å². The summed E-state index contributed by atoms with van der Waals surface area (Å²) in [6, 6.07) is 12.9. The Kier molecular flexibility index (Phi) is 9.49. The van der Waals surface area contributed by atoms with Crippen LogP contribution in [0.1, 0.15) is 49.8 Å². The van der Waals surface area contributed by atoms with E-state index in [4.69, 9.17) is 16.3 Å². The summed E-state index contributed by atoms with van der Waals surface area (Å²) in [6.45, 7) is 1.95. The van der Waals surface area contributed by atoms with Crippen LogP contribution in [0.5, 0.6) is 11.5 Å². The highest BCUT2D eigenvalue weighted by Gasteiger charge is 2.46. The molecule has 1 aliphatic heterocycles. The van der Waals surface area contributed by atoms with E-state index in [9.17, 15) is 23.5 Å². The van der Waals surface area contributed by atoms with Crippen molar-refractivity contribution >= 4 is 29.2 Å². The molecule has 1 atom stereocenters. The number of nitrogens with zero attached hydrogens (tertiary/aromatic N) is 3. The fraction of sp³-hybridized carbons (Fsp3) is 0.414. The van der Waals surface area contributed by atoms with Crippen LogP contribution in [0.3, 0.4) is 0 Å². The third-order valence-corrected chi connectivity index (χ3v) is 7.67. The second kappa shape index (κ2) is 12.9. The number of likely N-dealkylation sites (tertiary alicyclic amines) is 1. The Labute approximate surface area is 242 Å². The molecule has 4 rings (SSSR count). The molecule has 1 aliphatic rings. The van der Waals surface area contributed by atoms with Crippen LogP contribution < -0.4 is 14.8 Å². The van der Waals surface area contributed by atoms with Crippen LogP contribution in [-0.2, 0) is 15.1 Å². The van der Waals surface area contributed by atoms with Crippen molar-refractivity contribution in [2.75, 3.05) is 32.1 Å². The zero-order chi connectivity index (χ0) is 29.7. The number of benzene rings is 2. The van der Waals surface area contributed by atoms with Gasteiger partial charge >= 0.3 is 12.6 Å². The molecule has 41 heavy (non-hydrogen) atoms. The number of carbonyl (C=O) groups excluding carboxylic acids is 1. The van der Waals surface area contributed by atoms with Crippen molar-refractivity contribution in [3.63, 3.8) is 0 Å². The van der Waals surface area contributed by atoms with Gasteiger partial charge in [0, 0.05) is 42.6 Å². The monoisotopic (exact) mass is 590 g/mol. The lowest BCUT2D eigenvalue weighted by Gasteiger charge is -2.42. The number of amides is 1. The maximum atomic E-state index is 14.0. The quantitative estimate of drug-likeness (QED) is 0.301. The Bertz CT molecular complexity index is 1360. The van der Waals surface area contributed by atoms with Crippen LogP contribution in [0.2, 0.25) is 5.02 Å². The summed E-state index contributed by atoms with van der Waals surface area (Å²) >= 11 is 5.98. The summed E-state index contributed by atoms with van der Waals surface area (Å²) in [4.78, 5) is 28.2. The molecule has 2 aromatic carbocycles. The second-order valence-corrected chi connectivity index (χ2v) is 10.7. The molecule has 1 unspecified atom stereocenters. The summed E-state index contributed by atoms with van der Waals surface area (Å²) in [5.41, 5.74) is 0.400. The third kappa shape index (κ3) is 6.79. The van der Waals surface area contributed by atoms with E-state index in [2.05, 4.69) is 15.2 Å². The predicted molar refractivity (Wildman–Crippen MR) is 150 cm³/mol. The molecule has 0 spiro atoms. The summed E-state index contributed by atoms with van der Waals surface area (Å²) in [5.74, 6) is -1.72. The highest BCUT2D eigenvalue weighted by Crippen LogP contribution is 2.37. The largest absolute Gasteiger partial charge is 0.497 e. The molecule has 1 amide bonds. The number of anilines is 1. The maximum Gasteiger partial charge on any atom is 0.387 e. The molecule has 3 aromatic rings. The van der Waals surface area contributed by atoms with Gasteiger partial charge in [-0.3, -0.25) is 14.3 Å². The number of aromatic nitrogens is 2. The standard InChI is InChI=1S/C29H33ClF2N4O5/c1-18(2)24-10-13-33-36(24)29(27(39)34-23-9-6-20(30)16-25(23)41-28(31)32)11-14-35(15-12-29)17-22(26(37)38)19-4-7-21(40-3)8-5-19/h4-10,13,16,18,22,28H,11-12,14-15,17H2,1-3H3,(H,34,39)(H,37,38). The van der Waals surface area contributed by atoms with Crippen molar-refractivity contribution in [1.29, 1.82) is 0 Å². The Hall–Kier alpha value is -3.70. The van der Waals surface area contributed by atoms with Gasteiger partial charge in [-0.2, -0.15) is 13.9 Å². The minimum Gasteiger partial charge on any atom is -0.497 e. The summed E-state index contributed by atoms with van der Waals surface area (Å²) < 4.78 is 37.7. The Morgan fingerprint density at radius 1 is 1.12 bits per heavy atom. The fourth-order valence-electron chi connectivity index (χ4n) is 5.20. The number of carboxylic acids is 1. The third-order valence-electron chi connectivity index (χ3n) is 7.44. The van der Waals surface area contributed by atoms with Crippen molar-refractivity contribution in [2.45, 2.75) is 50.7 Å². The molecule has 9 nitrogen and oxygen atoms in total. The van der Waals surface area contributed by atoms with Gasteiger partial charge in [-0.25, -0.2) is 0 Å². The first kappa shape index (κ1) is 30.3. The van der Waals surface area contributed by atoms with Gasteiger partial charge in [0.05, 0.1) is 18.7 Å². The average Bonchev–Trinajstić information content (AvgIpc) is 3.44. The highest BCUT2D eigenvalue weighted by atomic mass is 35.5. The first-order valence-electron chi connectivity index (χ1n) is 13.2. The zero-order valence-corrected chi connectivity index (χ0v) is 23.8. The Balaban J connectivity index is 1.60. The molecule has 1 fully saturated rings. The van der Waals surface area contributed by atoms with Gasteiger partial charge in [0.15, 0.2) is 5.75 Å². The van der Waals surface area contributed by atoms with Crippen LogP contribution in [-0.4, -0.2) is 65.0 Å². The number of ether oxygens (including phenoxy) is 2. The molecule has 1 saturated heterocycles. The summed E-state index contributed by atoms with van der Waals surface area (Å²) in [5, 5.41) is 17.5. The minimum absolute atomic E-state index is 0.0555. The van der Waals surface area contributed by atoms with Crippen LogP contribution in [0.4, 0.5) is 14.5 Å². The number of methoxy groups -OCH3 is 1. The smallest absolute Gasteiger partial charge is 0.387 e. The first-order chi connectivity index (χ1) is 19.5. The molecular weight excluding hydrogens is 558 g/mol. The fourth-order valence-corrected chi connectivity index (χ4v) is 5.36. The van der Waals surface area contributed by atoms with Crippen LogP contribution >= 0.6 is 11.6 Å². The van der Waals surface area contributed by atoms with Crippen molar-refractivity contribution < 1.29 is 33.0 Å². The average molecular weight is 591 g/mol. The van der Waals surface area contributed by atoms with Gasteiger partial charge in [0.2, 0.25) is 0 Å². The van der Waals surface area contributed by atoms with Gasteiger partial charge in [-0.1, -0.05) is 37.6 Å².